The van der Waals surface area contributed by atoms with Crippen molar-refractivity contribution in [3.63, 3.8) is 0 Å². The average Bonchev–Trinajstić information content (AvgIpc) is 3.53. The van der Waals surface area contributed by atoms with E-state index in [0.29, 0.717) is 29.9 Å². The lowest BCUT2D eigenvalue weighted by atomic mass is 10.2. The van der Waals surface area contributed by atoms with Gasteiger partial charge in [0.15, 0.2) is 0 Å². The van der Waals surface area contributed by atoms with Gasteiger partial charge in [-0.15, -0.1) is 0 Å². The van der Waals surface area contributed by atoms with Crippen LogP contribution in [0.1, 0.15) is 18.4 Å². The third-order valence-electron chi connectivity index (χ3n) is 6.25. The molecular weight excluding hydrogens is 534 g/mol. The van der Waals surface area contributed by atoms with Crippen LogP contribution >= 0.6 is 11.3 Å². The monoisotopic (exact) mass is 559 g/mol. The first-order valence-corrected chi connectivity index (χ1v) is 15.3. The van der Waals surface area contributed by atoms with Crippen LogP contribution in [0.15, 0.2) is 81.3 Å². The van der Waals surface area contributed by atoms with Gasteiger partial charge >= 0.3 is 4.87 Å². The van der Waals surface area contributed by atoms with Gasteiger partial charge in [0.2, 0.25) is 10.0 Å². The highest BCUT2D eigenvalue weighted by Crippen LogP contribution is 2.32. The number of nitrogens with zero attached hydrogens (tertiary/aromatic N) is 2. The van der Waals surface area contributed by atoms with E-state index in [2.05, 4.69) is 4.72 Å². The minimum atomic E-state index is -4.12. The average molecular weight is 560 g/mol. The van der Waals surface area contributed by atoms with Gasteiger partial charge in [0.05, 0.1) is 39.3 Å². The van der Waals surface area contributed by atoms with Crippen molar-refractivity contribution in [3.8, 4) is 5.75 Å². The Bertz CT molecular complexity index is 1720. The van der Waals surface area contributed by atoms with Gasteiger partial charge in [-0.3, -0.25) is 14.1 Å². The lowest BCUT2D eigenvalue weighted by Gasteiger charge is -2.18. The van der Waals surface area contributed by atoms with Crippen LogP contribution in [0.5, 0.6) is 5.75 Å². The first-order chi connectivity index (χ1) is 17.7. The minimum Gasteiger partial charge on any atom is -0.495 e. The molecule has 1 aromatic heterocycles. The maximum Gasteiger partial charge on any atom is 0.308 e. The fourth-order valence-electron chi connectivity index (χ4n) is 4.34. The highest BCUT2D eigenvalue weighted by molar-refractivity contribution is 7.92. The molecular formula is C25H25N3O6S3. The number of ether oxygens (including phenoxy) is 1. The van der Waals surface area contributed by atoms with Crippen LogP contribution in [0.4, 0.5) is 5.69 Å². The van der Waals surface area contributed by atoms with Crippen LogP contribution in [-0.4, -0.2) is 45.9 Å². The highest BCUT2D eigenvalue weighted by Gasteiger charge is 2.28. The predicted octanol–water partition coefficient (Wildman–Crippen LogP) is 3.71. The number of rotatable bonds is 8. The van der Waals surface area contributed by atoms with Gasteiger partial charge in [0.25, 0.3) is 10.0 Å². The van der Waals surface area contributed by atoms with E-state index in [-0.39, 0.29) is 26.1 Å². The summed E-state index contributed by atoms with van der Waals surface area (Å²) in [5.41, 5.74) is 1.60. The van der Waals surface area contributed by atoms with Crippen LogP contribution < -0.4 is 14.3 Å². The molecule has 3 aromatic carbocycles. The van der Waals surface area contributed by atoms with Crippen molar-refractivity contribution in [2.45, 2.75) is 29.2 Å². The number of anilines is 1. The third kappa shape index (κ3) is 5.01. The van der Waals surface area contributed by atoms with Gasteiger partial charge in [0, 0.05) is 13.1 Å². The maximum atomic E-state index is 13.3. The molecule has 194 valence electrons. The van der Waals surface area contributed by atoms with Crippen LogP contribution in [0.3, 0.4) is 0 Å². The Morgan fingerprint density at radius 2 is 1.62 bits per heavy atom. The van der Waals surface area contributed by atoms with E-state index in [0.717, 1.165) is 29.7 Å². The second-order valence-electron chi connectivity index (χ2n) is 8.65. The number of sulfonamides is 2. The summed E-state index contributed by atoms with van der Waals surface area (Å²) in [6, 6.07) is 18.1. The zero-order valence-electron chi connectivity index (χ0n) is 20.0. The van der Waals surface area contributed by atoms with Crippen molar-refractivity contribution in [2.24, 2.45) is 0 Å². The van der Waals surface area contributed by atoms with Gasteiger partial charge in [0.1, 0.15) is 5.75 Å². The summed E-state index contributed by atoms with van der Waals surface area (Å²) in [7, 11) is -6.50. The summed E-state index contributed by atoms with van der Waals surface area (Å²) >= 11 is 0.968. The van der Waals surface area contributed by atoms with Gasteiger partial charge in [-0.1, -0.05) is 41.7 Å². The van der Waals surface area contributed by atoms with Crippen molar-refractivity contribution in [1.82, 2.24) is 8.87 Å². The summed E-state index contributed by atoms with van der Waals surface area (Å²) < 4.78 is 63.9. The number of nitrogens with one attached hydrogen (secondary N) is 1. The van der Waals surface area contributed by atoms with Crippen molar-refractivity contribution < 1.29 is 21.6 Å². The molecule has 0 unspecified atom stereocenters. The molecule has 0 atom stereocenters. The quantitative estimate of drug-likeness (QED) is 0.352. The Hall–Kier alpha value is -3.19. The zero-order chi connectivity index (χ0) is 26.2. The molecule has 5 rings (SSSR count). The van der Waals surface area contributed by atoms with Crippen LogP contribution in [0.2, 0.25) is 0 Å². The summed E-state index contributed by atoms with van der Waals surface area (Å²) in [5.74, 6) is 0.184. The fourth-order valence-corrected chi connectivity index (χ4v) is 7.97. The lowest BCUT2D eigenvalue weighted by molar-refractivity contribution is 0.416. The van der Waals surface area contributed by atoms with E-state index in [1.165, 1.54) is 41.7 Å². The number of aromatic nitrogens is 1. The van der Waals surface area contributed by atoms with Crippen LogP contribution in [0.25, 0.3) is 10.2 Å². The van der Waals surface area contributed by atoms with E-state index in [4.69, 9.17) is 4.74 Å². The number of methoxy groups -OCH3 is 1. The minimum absolute atomic E-state index is 0.0118. The van der Waals surface area contributed by atoms with Crippen LogP contribution in [-0.2, 0) is 26.6 Å². The van der Waals surface area contributed by atoms with Crippen molar-refractivity contribution in [3.05, 3.63) is 82.0 Å². The number of benzene rings is 3. The number of hydrogen-bond acceptors (Lipinski definition) is 7. The second-order valence-corrected chi connectivity index (χ2v) is 13.3. The summed E-state index contributed by atoms with van der Waals surface area (Å²) in [6.45, 7) is 1.24. The van der Waals surface area contributed by atoms with Gasteiger partial charge in [-0.2, -0.15) is 4.31 Å². The molecule has 1 aliphatic rings. The van der Waals surface area contributed by atoms with Gasteiger partial charge in [-0.25, -0.2) is 16.8 Å². The molecule has 0 bridgehead atoms. The van der Waals surface area contributed by atoms with Crippen molar-refractivity contribution in [1.29, 1.82) is 0 Å². The molecule has 0 aliphatic carbocycles. The predicted molar refractivity (Wildman–Crippen MR) is 143 cm³/mol. The number of thiazole rings is 1. The van der Waals surface area contributed by atoms with Crippen molar-refractivity contribution in [2.75, 3.05) is 24.9 Å². The van der Waals surface area contributed by atoms with E-state index in [9.17, 15) is 21.6 Å². The third-order valence-corrected chi connectivity index (χ3v) is 10.5. The molecule has 0 spiro atoms. The molecule has 4 aromatic rings. The summed E-state index contributed by atoms with van der Waals surface area (Å²) in [4.78, 5) is 12.4. The summed E-state index contributed by atoms with van der Waals surface area (Å²) in [6.07, 6.45) is 1.58. The van der Waals surface area contributed by atoms with Crippen LogP contribution in [0, 0.1) is 0 Å². The van der Waals surface area contributed by atoms with E-state index in [1.54, 1.807) is 10.6 Å². The first kappa shape index (κ1) is 25.5. The lowest BCUT2D eigenvalue weighted by Crippen LogP contribution is -2.28. The molecule has 37 heavy (non-hydrogen) atoms. The Morgan fingerprint density at radius 1 is 0.919 bits per heavy atom. The summed E-state index contributed by atoms with van der Waals surface area (Å²) in [5, 5.41) is 0. The Labute approximate surface area is 219 Å². The molecule has 1 N–H and O–H groups in total. The van der Waals surface area contributed by atoms with E-state index in [1.807, 2.05) is 30.3 Å². The largest absolute Gasteiger partial charge is 0.495 e. The molecule has 0 amide bonds. The fraction of sp³-hybridized carbons (Fsp3) is 0.240. The number of fused-ring (bicyclic) bond motifs is 1. The Morgan fingerprint density at radius 3 is 2.32 bits per heavy atom. The SMILES string of the molecule is COc1ccc(S(=O)(=O)N2CCCC2)cc1NS(=O)(=O)c1ccc2c(c1)sc(=O)n2Cc1ccccc1. The molecule has 1 aliphatic heterocycles. The highest BCUT2D eigenvalue weighted by atomic mass is 32.2. The molecule has 2 heterocycles. The van der Waals surface area contributed by atoms with E-state index < -0.39 is 20.0 Å². The molecule has 1 saturated heterocycles. The van der Waals surface area contributed by atoms with E-state index >= 15 is 0 Å². The molecule has 0 saturated carbocycles. The zero-order valence-corrected chi connectivity index (χ0v) is 22.4. The Kier molecular flexibility index (Phi) is 6.84. The second kappa shape index (κ2) is 9.93. The Balaban J connectivity index is 1.47. The normalized spacial score (nSPS) is 14.7. The molecule has 0 radical (unpaired) electrons. The topological polar surface area (TPSA) is 115 Å². The van der Waals surface area contributed by atoms with Gasteiger partial charge in [-0.05, 0) is 54.8 Å². The van der Waals surface area contributed by atoms with Gasteiger partial charge < -0.3 is 4.74 Å². The molecule has 1 fully saturated rings. The first-order valence-electron chi connectivity index (χ1n) is 11.6. The molecule has 12 heteroatoms. The maximum absolute atomic E-state index is 13.3. The smallest absolute Gasteiger partial charge is 0.308 e. The van der Waals surface area contributed by atoms with Crippen molar-refractivity contribution >= 4 is 47.3 Å². The standard InChI is InChI=1S/C25H25N3O6S3/c1-34-23-12-10-20(37(32,33)27-13-5-6-14-27)15-21(23)26-36(30,31)19-9-11-22-24(16-19)35-25(29)28(22)17-18-7-3-2-4-8-18/h2-4,7-12,15-16,26H,5-6,13-14,17H2,1H3. The molecule has 9 nitrogen and oxygen atoms in total. The number of hydrogen-bond donors (Lipinski definition) is 1.